The van der Waals surface area contributed by atoms with Crippen molar-refractivity contribution >= 4 is 11.3 Å². The highest BCUT2D eigenvalue weighted by atomic mass is 16.6. The largest absolute Gasteiger partial charge is 0.325 e. The van der Waals surface area contributed by atoms with Gasteiger partial charge >= 0.3 is 0 Å². The smallest absolute Gasteiger partial charge is 0.243 e. The van der Waals surface area contributed by atoms with Crippen LogP contribution < -0.4 is 5.73 Å². The van der Waals surface area contributed by atoms with Gasteiger partial charge in [0, 0.05) is 6.54 Å². The lowest BCUT2D eigenvalue weighted by atomic mass is 10.4. The van der Waals surface area contributed by atoms with Gasteiger partial charge in [0.05, 0.1) is 11.9 Å². The van der Waals surface area contributed by atoms with Crippen molar-refractivity contribution in [3.63, 3.8) is 0 Å². The summed E-state index contributed by atoms with van der Waals surface area (Å²) in [4.78, 5) is 7.90. The van der Waals surface area contributed by atoms with Crippen LogP contribution in [0, 0.1) is 0 Å². The third-order valence-electron chi connectivity index (χ3n) is 1.25. The molecule has 0 aromatic carbocycles. The number of rotatable bonds is 1. The summed E-state index contributed by atoms with van der Waals surface area (Å²) in [6.07, 6.45) is 1.55. The Bertz CT molecular complexity index is 370. The number of aromatic nitrogens is 4. The lowest BCUT2D eigenvalue weighted by Gasteiger charge is -1.89. The second kappa shape index (κ2) is 2.24. The van der Waals surface area contributed by atoms with Crippen LogP contribution in [0.25, 0.3) is 11.3 Å². The molecule has 0 aliphatic carbocycles. The van der Waals surface area contributed by atoms with Crippen LogP contribution in [0.4, 0.5) is 0 Å². The number of nitrogens with two attached hydrogens (primary N) is 1. The van der Waals surface area contributed by atoms with Crippen LogP contribution in [0.2, 0.25) is 0 Å². The highest BCUT2D eigenvalue weighted by molar-refractivity contribution is 5.61. The molecule has 0 saturated carbocycles. The van der Waals surface area contributed by atoms with E-state index in [-0.39, 0.29) is 0 Å². The molecule has 2 N–H and O–H groups in total. The standard InChI is InChI=1S/C5H5N5O/c6-1-3-2-7-4-5(8-3)10-11-9-4/h2H,1,6H2. The van der Waals surface area contributed by atoms with Gasteiger partial charge in [-0.05, 0) is 10.3 Å². The second-order valence-electron chi connectivity index (χ2n) is 1.98. The molecule has 6 nitrogen and oxygen atoms in total. The Balaban J connectivity index is 2.67. The van der Waals surface area contributed by atoms with Crippen molar-refractivity contribution in [2.24, 2.45) is 5.73 Å². The third kappa shape index (κ3) is 0.926. The summed E-state index contributed by atoms with van der Waals surface area (Å²) in [6, 6.07) is 0. The minimum absolute atomic E-state index is 0.343. The van der Waals surface area contributed by atoms with Crippen LogP contribution in [-0.4, -0.2) is 20.3 Å². The predicted molar refractivity (Wildman–Crippen MR) is 35.3 cm³/mol. The first-order valence-electron chi connectivity index (χ1n) is 3.04. The van der Waals surface area contributed by atoms with Gasteiger partial charge in [0.2, 0.25) is 11.3 Å². The number of hydrogen-bond acceptors (Lipinski definition) is 6. The molecular weight excluding hydrogens is 146 g/mol. The molecule has 2 aromatic heterocycles. The van der Waals surface area contributed by atoms with Crippen LogP contribution in [0.1, 0.15) is 5.69 Å². The zero-order chi connectivity index (χ0) is 7.68. The van der Waals surface area contributed by atoms with Crippen molar-refractivity contribution in [3.8, 4) is 0 Å². The summed E-state index contributed by atoms with van der Waals surface area (Å²) in [7, 11) is 0. The maximum atomic E-state index is 5.33. The van der Waals surface area contributed by atoms with Gasteiger partial charge in [-0.15, -0.1) is 0 Å². The maximum Gasteiger partial charge on any atom is 0.243 e. The Kier molecular flexibility index (Phi) is 1.26. The van der Waals surface area contributed by atoms with E-state index in [0.29, 0.717) is 23.5 Å². The van der Waals surface area contributed by atoms with Gasteiger partial charge < -0.3 is 5.73 Å². The molecule has 0 spiro atoms. The summed E-state index contributed by atoms with van der Waals surface area (Å²) in [5.41, 5.74) is 6.80. The van der Waals surface area contributed by atoms with E-state index in [9.17, 15) is 0 Å². The van der Waals surface area contributed by atoms with Crippen LogP contribution >= 0.6 is 0 Å². The topological polar surface area (TPSA) is 90.7 Å². The summed E-state index contributed by atoms with van der Waals surface area (Å²) in [5, 5.41) is 7.01. The molecule has 6 heteroatoms. The quantitative estimate of drug-likeness (QED) is 0.589. The van der Waals surface area contributed by atoms with E-state index in [0.717, 1.165) is 0 Å². The van der Waals surface area contributed by atoms with E-state index in [1.165, 1.54) is 0 Å². The molecule has 0 amide bonds. The van der Waals surface area contributed by atoms with Gasteiger partial charge in [0.25, 0.3) is 0 Å². The molecule has 0 unspecified atom stereocenters. The highest BCUT2D eigenvalue weighted by Gasteiger charge is 2.02. The third-order valence-corrected chi connectivity index (χ3v) is 1.25. The van der Waals surface area contributed by atoms with Crippen molar-refractivity contribution in [3.05, 3.63) is 11.9 Å². The Labute approximate surface area is 61.4 Å². The van der Waals surface area contributed by atoms with Crippen LogP contribution in [0.5, 0.6) is 0 Å². The summed E-state index contributed by atoms with van der Waals surface area (Å²) >= 11 is 0. The first-order valence-corrected chi connectivity index (χ1v) is 3.04. The molecule has 0 radical (unpaired) electrons. The second-order valence-corrected chi connectivity index (χ2v) is 1.98. The summed E-state index contributed by atoms with van der Waals surface area (Å²) < 4.78 is 4.40. The Morgan fingerprint density at radius 2 is 2.18 bits per heavy atom. The lowest BCUT2D eigenvalue weighted by molar-refractivity contribution is 0.314. The number of hydrogen-bond donors (Lipinski definition) is 1. The molecule has 0 fully saturated rings. The van der Waals surface area contributed by atoms with E-state index >= 15 is 0 Å². The average molecular weight is 151 g/mol. The predicted octanol–water partition coefficient (Wildman–Crippen LogP) is -0.529. The number of fused-ring (bicyclic) bond motifs is 1. The molecule has 0 aliphatic rings. The Morgan fingerprint density at radius 3 is 3.00 bits per heavy atom. The minimum atomic E-state index is 0.343. The van der Waals surface area contributed by atoms with Gasteiger partial charge in [-0.2, -0.15) is 0 Å². The normalized spacial score (nSPS) is 10.6. The van der Waals surface area contributed by atoms with Gasteiger partial charge in [-0.1, -0.05) is 0 Å². The number of nitrogens with zero attached hydrogens (tertiary/aromatic N) is 4. The molecule has 2 heterocycles. The molecule has 11 heavy (non-hydrogen) atoms. The van der Waals surface area contributed by atoms with Gasteiger partial charge in [0.15, 0.2) is 0 Å². The monoisotopic (exact) mass is 151 g/mol. The SMILES string of the molecule is NCc1cnc2nonc2n1. The molecule has 0 aliphatic heterocycles. The van der Waals surface area contributed by atoms with E-state index in [1.54, 1.807) is 6.20 Å². The highest BCUT2D eigenvalue weighted by Crippen LogP contribution is 2.01. The average Bonchev–Trinajstić information content (AvgIpc) is 2.50. The van der Waals surface area contributed by atoms with Crippen molar-refractivity contribution in [1.82, 2.24) is 20.3 Å². The van der Waals surface area contributed by atoms with Crippen LogP contribution in [-0.2, 0) is 6.54 Å². The van der Waals surface area contributed by atoms with E-state index in [4.69, 9.17) is 5.73 Å². The molecule has 2 rings (SSSR count). The Hall–Kier alpha value is -1.56. The molecule has 0 atom stereocenters. The summed E-state index contributed by atoms with van der Waals surface area (Å²) in [6.45, 7) is 0.343. The van der Waals surface area contributed by atoms with E-state index < -0.39 is 0 Å². The van der Waals surface area contributed by atoms with Crippen molar-refractivity contribution < 1.29 is 4.63 Å². The lowest BCUT2D eigenvalue weighted by Crippen LogP contribution is -2.00. The first kappa shape index (κ1) is 6.17. The molecular formula is C5H5N5O. The zero-order valence-corrected chi connectivity index (χ0v) is 5.56. The first-order chi connectivity index (χ1) is 5.40. The minimum Gasteiger partial charge on any atom is -0.325 e. The zero-order valence-electron chi connectivity index (χ0n) is 5.56. The van der Waals surface area contributed by atoms with Crippen molar-refractivity contribution in [2.45, 2.75) is 6.54 Å². The molecule has 0 bridgehead atoms. The molecule has 56 valence electrons. The summed E-state index contributed by atoms with van der Waals surface area (Å²) in [5.74, 6) is 0. The molecule has 0 saturated heterocycles. The van der Waals surface area contributed by atoms with E-state index in [1.807, 2.05) is 0 Å². The van der Waals surface area contributed by atoms with Gasteiger partial charge in [0.1, 0.15) is 0 Å². The fourth-order valence-corrected chi connectivity index (χ4v) is 0.730. The van der Waals surface area contributed by atoms with E-state index in [2.05, 4.69) is 24.9 Å². The fraction of sp³-hybridized carbons (Fsp3) is 0.200. The maximum absolute atomic E-state index is 5.33. The fourth-order valence-electron chi connectivity index (χ4n) is 0.730. The molecule has 2 aromatic rings. The Morgan fingerprint density at radius 1 is 1.36 bits per heavy atom. The van der Waals surface area contributed by atoms with Crippen LogP contribution in [0.3, 0.4) is 0 Å². The van der Waals surface area contributed by atoms with Crippen molar-refractivity contribution in [1.29, 1.82) is 0 Å². The van der Waals surface area contributed by atoms with Crippen molar-refractivity contribution in [2.75, 3.05) is 0 Å². The van der Waals surface area contributed by atoms with Gasteiger partial charge in [-0.3, -0.25) is 0 Å². The van der Waals surface area contributed by atoms with Crippen LogP contribution in [0.15, 0.2) is 10.8 Å². The van der Waals surface area contributed by atoms with Gasteiger partial charge in [-0.25, -0.2) is 14.6 Å².